The number of rotatable bonds is 6. The van der Waals surface area contributed by atoms with Crippen LogP contribution in [0.1, 0.15) is 30.7 Å². The first-order valence-corrected chi connectivity index (χ1v) is 6.70. The molecule has 1 aromatic rings. The first-order chi connectivity index (χ1) is 9.26. The first kappa shape index (κ1) is 13.9. The van der Waals surface area contributed by atoms with Gasteiger partial charge < -0.3 is 14.8 Å². The van der Waals surface area contributed by atoms with Gasteiger partial charge in [0.05, 0.1) is 20.1 Å². The normalized spacial score (nSPS) is 16.5. The molecular formula is C15H21NO3. The van der Waals surface area contributed by atoms with E-state index in [1.54, 1.807) is 7.11 Å². The number of para-hydroxylation sites is 1. The average molecular weight is 263 g/mol. The standard InChI is InChI=1S/C15H21NO3/c1-18-14-9-4-3-8-12(14)13(15(17)19-2)10-16-11-6-5-7-11/h3-4,8-9,11,13,16H,5-7,10H2,1-2H3. The Morgan fingerprint density at radius 1 is 1.37 bits per heavy atom. The van der Waals surface area contributed by atoms with E-state index in [1.807, 2.05) is 24.3 Å². The van der Waals surface area contributed by atoms with E-state index in [1.165, 1.54) is 26.4 Å². The Bertz CT molecular complexity index is 429. The molecule has 0 spiro atoms. The lowest BCUT2D eigenvalue weighted by Crippen LogP contribution is -2.39. The van der Waals surface area contributed by atoms with E-state index in [9.17, 15) is 4.79 Å². The summed E-state index contributed by atoms with van der Waals surface area (Å²) in [6.45, 7) is 0.595. The molecule has 1 aliphatic carbocycles. The molecule has 19 heavy (non-hydrogen) atoms. The van der Waals surface area contributed by atoms with Crippen LogP contribution >= 0.6 is 0 Å². The van der Waals surface area contributed by atoms with E-state index in [0.29, 0.717) is 12.6 Å². The number of hydrogen-bond donors (Lipinski definition) is 1. The third kappa shape index (κ3) is 3.26. The van der Waals surface area contributed by atoms with Crippen molar-refractivity contribution in [1.29, 1.82) is 0 Å². The largest absolute Gasteiger partial charge is 0.496 e. The third-order valence-electron chi connectivity index (χ3n) is 3.72. The molecule has 1 saturated carbocycles. The molecule has 0 aromatic heterocycles. The Balaban J connectivity index is 2.13. The van der Waals surface area contributed by atoms with Crippen LogP contribution in [0.25, 0.3) is 0 Å². The zero-order valence-electron chi connectivity index (χ0n) is 11.5. The van der Waals surface area contributed by atoms with Gasteiger partial charge in [0, 0.05) is 18.2 Å². The van der Waals surface area contributed by atoms with Gasteiger partial charge in [0.1, 0.15) is 5.75 Å². The van der Waals surface area contributed by atoms with Crippen LogP contribution < -0.4 is 10.1 Å². The molecule has 1 aromatic carbocycles. The lowest BCUT2D eigenvalue weighted by Gasteiger charge is -2.28. The van der Waals surface area contributed by atoms with Gasteiger partial charge in [-0.2, -0.15) is 0 Å². The second-order valence-electron chi connectivity index (χ2n) is 4.85. The highest BCUT2D eigenvalue weighted by molar-refractivity contribution is 5.79. The summed E-state index contributed by atoms with van der Waals surface area (Å²) in [6, 6.07) is 8.15. The van der Waals surface area contributed by atoms with Crippen LogP contribution in [-0.2, 0) is 9.53 Å². The Kier molecular flexibility index (Phi) is 4.80. The number of esters is 1. The highest BCUT2D eigenvalue weighted by atomic mass is 16.5. The number of methoxy groups -OCH3 is 2. The highest BCUT2D eigenvalue weighted by Crippen LogP contribution is 2.28. The molecule has 0 aliphatic heterocycles. The van der Waals surface area contributed by atoms with Gasteiger partial charge >= 0.3 is 5.97 Å². The first-order valence-electron chi connectivity index (χ1n) is 6.70. The predicted octanol–water partition coefficient (Wildman–Crippen LogP) is 2.09. The molecule has 1 fully saturated rings. The monoisotopic (exact) mass is 263 g/mol. The van der Waals surface area contributed by atoms with Crippen LogP contribution in [0.3, 0.4) is 0 Å². The zero-order chi connectivity index (χ0) is 13.7. The van der Waals surface area contributed by atoms with Crippen molar-refractivity contribution in [3.8, 4) is 5.75 Å². The molecule has 0 saturated heterocycles. The van der Waals surface area contributed by atoms with E-state index < -0.39 is 0 Å². The van der Waals surface area contributed by atoms with E-state index in [-0.39, 0.29) is 11.9 Å². The molecule has 0 amide bonds. The minimum atomic E-state index is -0.318. The fraction of sp³-hybridized carbons (Fsp3) is 0.533. The predicted molar refractivity (Wildman–Crippen MR) is 73.4 cm³/mol. The Morgan fingerprint density at radius 3 is 2.68 bits per heavy atom. The summed E-state index contributed by atoms with van der Waals surface area (Å²) in [5, 5.41) is 3.43. The van der Waals surface area contributed by atoms with Crippen molar-refractivity contribution in [2.75, 3.05) is 20.8 Å². The van der Waals surface area contributed by atoms with Crippen LogP contribution in [0, 0.1) is 0 Å². The number of benzene rings is 1. The van der Waals surface area contributed by atoms with Gasteiger partial charge in [-0.1, -0.05) is 24.6 Å². The maximum Gasteiger partial charge on any atom is 0.314 e. The Labute approximate surface area is 114 Å². The Morgan fingerprint density at radius 2 is 2.11 bits per heavy atom. The van der Waals surface area contributed by atoms with E-state index in [2.05, 4.69) is 5.32 Å². The van der Waals surface area contributed by atoms with Gasteiger partial charge in [-0.3, -0.25) is 4.79 Å². The second-order valence-corrected chi connectivity index (χ2v) is 4.85. The van der Waals surface area contributed by atoms with Crippen molar-refractivity contribution < 1.29 is 14.3 Å². The lowest BCUT2D eigenvalue weighted by atomic mass is 9.91. The van der Waals surface area contributed by atoms with E-state index in [4.69, 9.17) is 9.47 Å². The molecule has 1 atom stereocenters. The molecule has 1 N–H and O–H groups in total. The number of carbonyl (C=O) groups is 1. The quantitative estimate of drug-likeness (QED) is 0.798. The maximum atomic E-state index is 12.0. The van der Waals surface area contributed by atoms with Gasteiger partial charge in [-0.15, -0.1) is 0 Å². The summed E-state index contributed by atoms with van der Waals surface area (Å²) in [5.74, 6) is 0.186. The molecule has 1 aliphatic rings. The van der Waals surface area contributed by atoms with Gasteiger partial charge in [0.25, 0.3) is 0 Å². The summed E-state index contributed by atoms with van der Waals surface area (Å²) < 4.78 is 10.2. The topological polar surface area (TPSA) is 47.6 Å². The summed E-state index contributed by atoms with van der Waals surface area (Å²) in [4.78, 5) is 12.0. The molecular weight excluding hydrogens is 242 g/mol. The minimum Gasteiger partial charge on any atom is -0.496 e. The van der Waals surface area contributed by atoms with Crippen LogP contribution in [-0.4, -0.2) is 32.8 Å². The second kappa shape index (κ2) is 6.57. The van der Waals surface area contributed by atoms with Gasteiger partial charge in [-0.25, -0.2) is 0 Å². The van der Waals surface area contributed by atoms with Crippen LogP contribution in [0.4, 0.5) is 0 Å². The van der Waals surface area contributed by atoms with Crippen molar-refractivity contribution in [1.82, 2.24) is 5.32 Å². The SMILES string of the molecule is COC(=O)C(CNC1CCC1)c1ccccc1OC. The van der Waals surface area contributed by atoms with Crippen molar-refractivity contribution in [2.45, 2.75) is 31.2 Å². The Hall–Kier alpha value is -1.55. The van der Waals surface area contributed by atoms with Crippen LogP contribution in [0.5, 0.6) is 5.75 Å². The number of carbonyl (C=O) groups excluding carboxylic acids is 1. The molecule has 2 rings (SSSR count). The number of hydrogen-bond acceptors (Lipinski definition) is 4. The molecule has 1 unspecified atom stereocenters. The minimum absolute atomic E-state index is 0.226. The molecule has 0 bridgehead atoms. The van der Waals surface area contributed by atoms with Crippen molar-refractivity contribution >= 4 is 5.97 Å². The van der Waals surface area contributed by atoms with E-state index >= 15 is 0 Å². The van der Waals surface area contributed by atoms with Crippen molar-refractivity contribution in [2.24, 2.45) is 0 Å². The van der Waals surface area contributed by atoms with Gasteiger partial charge in [0.2, 0.25) is 0 Å². The fourth-order valence-corrected chi connectivity index (χ4v) is 2.31. The molecule has 4 nitrogen and oxygen atoms in total. The van der Waals surface area contributed by atoms with Crippen LogP contribution in [0.2, 0.25) is 0 Å². The third-order valence-corrected chi connectivity index (χ3v) is 3.72. The summed E-state index contributed by atoms with van der Waals surface area (Å²) >= 11 is 0. The average Bonchev–Trinajstić information content (AvgIpc) is 2.41. The zero-order valence-corrected chi connectivity index (χ0v) is 11.5. The summed E-state index contributed by atoms with van der Waals surface area (Å²) in [7, 11) is 3.04. The summed E-state index contributed by atoms with van der Waals surface area (Å²) in [5.41, 5.74) is 0.878. The number of ether oxygens (including phenoxy) is 2. The van der Waals surface area contributed by atoms with Crippen molar-refractivity contribution in [3.05, 3.63) is 29.8 Å². The van der Waals surface area contributed by atoms with Crippen LogP contribution in [0.15, 0.2) is 24.3 Å². The molecule has 4 heteroatoms. The maximum absolute atomic E-state index is 12.0. The molecule has 0 heterocycles. The summed E-state index contributed by atoms with van der Waals surface area (Å²) in [6.07, 6.45) is 3.66. The molecule has 0 radical (unpaired) electrons. The lowest BCUT2D eigenvalue weighted by molar-refractivity contribution is -0.142. The van der Waals surface area contributed by atoms with E-state index in [0.717, 1.165) is 11.3 Å². The van der Waals surface area contributed by atoms with Gasteiger partial charge in [-0.05, 0) is 18.9 Å². The molecule has 104 valence electrons. The van der Waals surface area contributed by atoms with Crippen molar-refractivity contribution in [3.63, 3.8) is 0 Å². The smallest absolute Gasteiger partial charge is 0.314 e. The van der Waals surface area contributed by atoms with Gasteiger partial charge in [0.15, 0.2) is 0 Å². The number of nitrogens with one attached hydrogen (secondary N) is 1. The fourth-order valence-electron chi connectivity index (χ4n) is 2.31. The highest BCUT2D eigenvalue weighted by Gasteiger charge is 2.26.